The maximum absolute atomic E-state index is 12.6. The summed E-state index contributed by atoms with van der Waals surface area (Å²) < 4.78 is 16.1. The molecule has 0 atom stereocenters. The third kappa shape index (κ3) is 5.30. The van der Waals surface area contributed by atoms with Crippen LogP contribution in [0.15, 0.2) is 86.3 Å². The standard InChI is InChI=1S/C26H21NO7S/c1-3-33-26(31)22-23(28)21(35-24(22)27-17-8-10-18(32-2)11-9-17)14-19-12-13-20(34-19)15-4-6-16(7-5-15)25(29)30/h4-14,28H,3H2,1-2H3,(H,29,30). The van der Waals surface area contributed by atoms with E-state index in [1.807, 2.05) is 0 Å². The number of esters is 1. The fourth-order valence-corrected chi connectivity index (χ4v) is 4.27. The molecule has 9 heteroatoms. The first-order valence-corrected chi connectivity index (χ1v) is 11.4. The summed E-state index contributed by atoms with van der Waals surface area (Å²) in [6.45, 7) is 1.83. The summed E-state index contributed by atoms with van der Waals surface area (Å²) in [5, 5.41) is 20.2. The van der Waals surface area contributed by atoms with Gasteiger partial charge in [0.2, 0.25) is 0 Å². The Kier molecular flexibility index (Phi) is 7.07. The highest BCUT2D eigenvalue weighted by atomic mass is 32.2. The van der Waals surface area contributed by atoms with Crippen LogP contribution in [0.4, 0.5) is 5.69 Å². The molecule has 4 rings (SSSR count). The molecule has 178 valence electrons. The van der Waals surface area contributed by atoms with Gasteiger partial charge < -0.3 is 24.1 Å². The maximum Gasteiger partial charge on any atom is 0.344 e. The average molecular weight is 492 g/mol. The normalized spacial score (nSPS) is 15.6. The number of carbonyl (C=O) groups is 2. The minimum atomic E-state index is -1.01. The Labute approximate surface area is 205 Å². The summed E-state index contributed by atoms with van der Waals surface area (Å²) in [6, 6.07) is 16.7. The number of hydrogen-bond donors (Lipinski definition) is 2. The van der Waals surface area contributed by atoms with Crippen LogP contribution < -0.4 is 4.74 Å². The second-order valence-corrected chi connectivity index (χ2v) is 8.28. The van der Waals surface area contributed by atoms with Gasteiger partial charge in [0.05, 0.1) is 29.9 Å². The molecule has 0 fully saturated rings. The zero-order valence-electron chi connectivity index (χ0n) is 18.8. The van der Waals surface area contributed by atoms with Crippen molar-refractivity contribution >= 4 is 40.5 Å². The highest BCUT2D eigenvalue weighted by Crippen LogP contribution is 2.40. The summed E-state index contributed by atoms with van der Waals surface area (Å²) >= 11 is 1.12. The van der Waals surface area contributed by atoms with Gasteiger partial charge >= 0.3 is 11.9 Å². The van der Waals surface area contributed by atoms with Crippen molar-refractivity contribution in [2.45, 2.75) is 6.92 Å². The highest BCUT2D eigenvalue weighted by molar-refractivity contribution is 8.18. The quantitative estimate of drug-likeness (QED) is 0.395. The number of benzene rings is 2. The van der Waals surface area contributed by atoms with Crippen LogP contribution in [0.1, 0.15) is 23.0 Å². The Hall–Kier alpha value is -4.24. The first kappa shape index (κ1) is 23.9. The Balaban J connectivity index is 1.65. The van der Waals surface area contributed by atoms with E-state index in [-0.39, 0.29) is 23.5 Å². The van der Waals surface area contributed by atoms with Crippen molar-refractivity contribution < 1.29 is 33.7 Å². The molecule has 0 radical (unpaired) electrons. The van der Waals surface area contributed by atoms with Gasteiger partial charge in [0.25, 0.3) is 0 Å². The second-order valence-electron chi connectivity index (χ2n) is 7.25. The minimum Gasteiger partial charge on any atom is -0.506 e. The number of hydrogen-bond acceptors (Lipinski definition) is 8. The first-order valence-electron chi connectivity index (χ1n) is 10.6. The van der Waals surface area contributed by atoms with Gasteiger partial charge in [-0.15, -0.1) is 0 Å². The van der Waals surface area contributed by atoms with Crippen LogP contribution in [-0.2, 0) is 9.53 Å². The molecule has 0 amide bonds. The van der Waals surface area contributed by atoms with Crippen molar-refractivity contribution in [2.24, 2.45) is 4.99 Å². The van der Waals surface area contributed by atoms with Crippen molar-refractivity contribution in [3.63, 3.8) is 0 Å². The van der Waals surface area contributed by atoms with Crippen LogP contribution in [0.25, 0.3) is 17.4 Å². The number of carboxylic acids is 1. The molecular weight excluding hydrogens is 470 g/mol. The number of ether oxygens (including phenoxy) is 2. The zero-order valence-corrected chi connectivity index (χ0v) is 19.7. The number of nitrogens with zero attached hydrogens (tertiary/aromatic N) is 1. The molecule has 1 aliphatic heterocycles. The first-order chi connectivity index (χ1) is 16.9. The number of carboxylic acid groups (broad SMARTS) is 1. The molecule has 2 N–H and O–H groups in total. The van der Waals surface area contributed by atoms with Crippen LogP contribution in [-0.4, -0.2) is 40.9 Å². The van der Waals surface area contributed by atoms with Crippen molar-refractivity contribution in [3.8, 4) is 17.1 Å². The maximum atomic E-state index is 12.6. The fourth-order valence-electron chi connectivity index (χ4n) is 3.26. The molecule has 35 heavy (non-hydrogen) atoms. The molecular formula is C26H21NO7S. The summed E-state index contributed by atoms with van der Waals surface area (Å²) in [5.74, 6) is -0.296. The fraction of sp³-hybridized carbons (Fsp3) is 0.115. The number of rotatable bonds is 7. The molecule has 0 bridgehead atoms. The predicted octanol–water partition coefficient (Wildman–Crippen LogP) is 5.85. The molecule has 0 aliphatic carbocycles. The Morgan fingerprint density at radius 1 is 1.06 bits per heavy atom. The van der Waals surface area contributed by atoms with Crippen LogP contribution >= 0.6 is 11.8 Å². The van der Waals surface area contributed by atoms with E-state index in [0.717, 1.165) is 11.8 Å². The smallest absolute Gasteiger partial charge is 0.344 e. The number of aliphatic hydroxyl groups is 1. The molecule has 0 saturated carbocycles. The van der Waals surface area contributed by atoms with Gasteiger partial charge in [-0.1, -0.05) is 23.9 Å². The van der Waals surface area contributed by atoms with Crippen LogP contribution in [0.5, 0.6) is 5.75 Å². The van der Waals surface area contributed by atoms with E-state index in [0.29, 0.717) is 38.5 Å². The Morgan fingerprint density at radius 3 is 2.40 bits per heavy atom. The summed E-state index contributed by atoms with van der Waals surface area (Å²) in [7, 11) is 1.57. The average Bonchev–Trinajstić information content (AvgIpc) is 3.44. The van der Waals surface area contributed by atoms with Gasteiger partial charge in [0, 0.05) is 5.56 Å². The Bertz CT molecular complexity index is 1350. The van der Waals surface area contributed by atoms with Gasteiger partial charge in [-0.05, 0) is 61.5 Å². The molecule has 3 aromatic rings. The lowest BCUT2D eigenvalue weighted by Gasteiger charge is -2.04. The molecule has 2 aromatic carbocycles. The number of furan rings is 1. The van der Waals surface area contributed by atoms with E-state index in [9.17, 15) is 14.7 Å². The van der Waals surface area contributed by atoms with Crippen molar-refractivity contribution in [3.05, 3.63) is 88.2 Å². The number of carbonyl (C=O) groups excluding carboxylic acids is 1. The number of aromatic carboxylic acids is 1. The second kappa shape index (κ2) is 10.4. The van der Waals surface area contributed by atoms with E-state index in [4.69, 9.17) is 19.0 Å². The zero-order chi connectivity index (χ0) is 24.9. The van der Waals surface area contributed by atoms with Gasteiger partial charge in [0.1, 0.15) is 33.6 Å². The van der Waals surface area contributed by atoms with E-state index in [1.165, 1.54) is 12.1 Å². The SMILES string of the molecule is CCOC(=O)C1=C(O)C(=Cc2ccc(-c3ccc(C(=O)O)cc3)o2)SC1=Nc1ccc(OC)cc1. The van der Waals surface area contributed by atoms with Crippen LogP contribution in [0.2, 0.25) is 0 Å². The lowest BCUT2D eigenvalue weighted by Crippen LogP contribution is -2.12. The summed E-state index contributed by atoms with van der Waals surface area (Å²) in [5.41, 5.74) is 1.44. The van der Waals surface area contributed by atoms with Crippen molar-refractivity contribution in [1.29, 1.82) is 0 Å². The Morgan fingerprint density at radius 2 is 1.77 bits per heavy atom. The molecule has 0 saturated heterocycles. The van der Waals surface area contributed by atoms with Crippen LogP contribution in [0.3, 0.4) is 0 Å². The van der Waals surface area contributed by atoms with Crippen LogP contribution in [0, 0.1) is 0 Å². The number of methoxy groups -OCH3 is 1. The number of aliphatic hydroxyl groups excluding tert-OH is 1. The van der Waals surface area contributed by atoms with Gasteiger partial charge in [-0.2, -0.15) is 0 Å². The lowest BCUT2D eigenvalue weighted by molar-refractivity contribution is -0.138. The molecule has 1 aliphatic rings. The van der Waals surface area contributed by atoms with E-state index in [1.54, 1.807) is 68.6 Å². The van der Waals surface area contributed by atoms with E-state index < -0.39 is 11.9 Å². The topological polar surface area (TPSA) is 119 Å². The molecule has 2 heterocycles. The van der Waals surface area contributed by atoms with Gasteiger partial charge in [-0.3, -0.25) is 0 Å². The van der Waals surface area contributed by atoms with E-state index >= 15 is 0 Å². The molecule has 8 nitrogen and oxygen atoms in total. The highest BCUT2D eigenvalue weighted by Gasteiger charge is 2.33. The van der Waals surface area contributed by atoms with Gasteiger partial charge in [-0.25, -0.2) is 14.6 Å². The third-order valence-corrected chi connectivity index (χ3v) is 6.01. The summed E-state index contributed by atoms with van der Waals surface area (Å²) in [6.07, 6.45) is 1.60. The van der Waals surface area contributed by atoms with E-state index in [2.05, 4.69) is 4.99 Å². The third-order valence-electron chi connectivity index (χ3n) is 4.99. The molecule has 0 spiro atoms. The minimum absolute atomic E-state index is 0.0186. The van der Waals surface area contributed by atoms with Crippen molar-refractivity contribution in [2.75, 3.05) is 13.7 Å². The van der Waals surface area contributed by atoms with Gasteiger partial charge in [0.15, 0.2) is 0 Å². The lowest BCUT2D eigenvalue weighted by atomic mass is 10.1. The molecule has 0 unspecified atom stereocenters. The monoisotopic (exact) mass is 491 g/mol. The predicted molar refractivity (Wildman–Crippen MR) is 133 cm³/mol. The van der Waals surface area contributed by atoms with Crippen molar-refractivity contribution in [1.82, 2.24) is 0 Å². The molecule has 1 aromatic heterocycles. The summed E-state index contributed by atoms with van der Waals surface area (Å²) in [4.78, 5) is 28.5. The number of thioether (sulfide) groups is 1. The number of aliphatic imine (C=N–C) groups is 1. The largest absolute Gasteiger partial charge is 0.506 e.